The average molecular weight is 477 g/mol. The molecule has 1 aromatic heterocycles. The molecule has 2 amide bonds. The van der Waals surface area contributed by atoms with Crippen molar-refractivity contribution in [3.63, 3.8) is 0 Å². The standard InChI is InChI=1S/C22H21ClN2O4S2/c23-17-10-8-16(9-11-17)12-13-24-21(26)22(27)25-15-20(19-7-4-14-30-19)31(28,29)18-5-2-1-3-6-18/h1-11,14,20H,12-13,15H2,(H,24,26)(H,25,27)/t20-/m0/s1. The number of nitrogens with one attached hydrogen (secondary N) is 2. The molecule has 0 saturated carbocycles. The Morgan fingerprint density at radius 2 is 1.58 bits per heavy atom. The summed E-state index contributed by atoms with van der Waals surface area (Å²) in [5, 5.41) is 6.42. The molecule has 162 valence electrons. The van der Waals surface area contributed by atoms with Gasteiger partial charge >= 0.3 is 11.8 Å². The van der Waals surface area contributed by atoms with Crippen molar-refractivity contribution in [1.29, 1.82) is 0 Å². The Morgan fingerprint density at radius 1 is 0.903 bits per heavy atom. The zero-order valence-electron chi connectivity index (χ0n) is 16.5. The molecule has 9 heteroatoms. The molecule has 2 aromatic carbocycles. The second-order valence-corrected chi connectivity index (χ2v) is 10.3. The molecule has 0 bridgehead atoms. The van der Waals surface area contributed by atoms with E-state index in [1.54, 1.807) is 47.8 Å². The molecule has 1 heterocycles. The largest absolute Gasteiger partial charge is 0.348 e. The van der Waals surface area contributed by atoms with Gasteiger partial charge in [-0.1, -0.05) is 48.0 Å². The molecule has 0 unspecified atom stereocenters. The van der Waals surface area contributed by atoms with Gasteiger partial charge in [-0.25, -0.2) is 8.42 Å². The average Bonchev–Trinajstić information content (AvgIpc) is 3.30. The van der Waals surface area contributed by atoms with Crippen LogP contribution in [0.3, 0.4) is 0 Å². The molecule has 0 saturated heterocycles. The molecule has 0 fully saturated rings. The van der Waals surface area contributed by atoms with Crippen molar-refractivity contribution in [1.82, 2.24) is 10.6 Å². The summed E-state index contributed by atoms with van der Waals surface area (Å²) in [7, 11) is -3.75. The van der Waals surface area contributed by atoms with Crippen LogP contribution in [0.2, 0.25) is 5.02 Å². The predicted molar refractivity (Wildman–Crippen MR) is 122 cm³/mol. The maximum atomic E-state index is 13.1. The van der Waals surface area contributed by atoms with Gasteiger partial charge in [-0.15, -0.1) is 11.3 Å². The lowest BCUT2D eigenvalue weighted by atomic mass is 10.1. The van der Waals surface area contributed by atoms with Crippen LogP contribution < -0.4 is 10.6 Å². The van der Waals surface area contributed by atoms with Gasteiger partial charge in [0, 0.05) is 23.0 Å². The Hall–Kier alpha value is -2.68. The summed E-state index contributed by atoms with van der Waals surface area (Å²) in [6.07, 6.45) is 0.538. The van der Waals surface area contributed by atoms with Crippen LogP contribution in [0.4, 0.5) is 0 Å². The summed E-state index contributed by atoms with van der Waals surface area (Å²) in [5.74, 6) is -1.68. The van der Waals surface area contributed by atoms with Gasteiger partial charge in [0.1, 0.15) is 5.25 Å². The molecular weight excluding hydrogens is 456 g/mol. The second-order valence-electron chi connectivity index (χ2n) is 6.70. The third-order valence-electron chi connectivity index (χ3n) is 4.57. The number of amides is 2. The fourth-order valence-electron chi connectivity index (χ4n) is 2.93. The van der Waals surface area contributed by atoms with Crippen molar-refractivity contribution in [3.8, 4) is 0 Å². The number of hydrogen-bond acceptors (Lipinski definition) is 5. The third kappa shape index (κ3) is 6.16. The summed E-state index contributed by atoms with van der Waals surface area (Å²) in [6, 6.07) is 18.7. The number of rotatable bonds is 8. The highest BCUT2D eigenvalue weighted by atomic mass is 35.5. The van der Waals surface area contributed by atoms with E-state index in [2.05, 4.69) is 10.6 Å². The van der Waals surface area contributed by atoms with Crippen LogP contribution in [0.25, 0.3) is 0 Å². The lowest BCUT2D eigenvalue weighted by molar-refractivity contribution is -0.139. The Bertz CT molecular complexity index is 1120. The SMILES string of the molecule is O=C(NCCc1ccc(Cl)cc1)C(=O)NC[C@@H](c1cccs1)S(=O)(=O)c1ccccc1. The summed E-state index contributed by atoms with van der Waals surface area (Å²) in [4.78, 5) is 25.1. The van der Waals surface area contributed by atoms with Gasteiger partial charge in [0.05, 0.1) is 4.90 Å². The quantitative estimate of drug-likeness (QED) is 0.487. The van der Waals surface area contributed by atoms with E-state index >= 15 is 0 Å². The zero-order chi connectivity index (χ0) is 22.3. The molecule has 6 nitrogen and oxygen atoms in total. The van der Waals surface area contributed by atoms with E-state index in [4.69, 9.17) is 11.6 Å². The monoisotopic (exact) mass is 476 g/mol. The van der Waals surface area contributed by atoms with Gasteiger partial charge in [0.2, 0.25) is 0 Å². The first-order valence-electron chi connectivity index (χ1n) is 9.51. The zero-order valence-corrected chi connectivity index (χ0v) is 18.8. The highest BCUT2D eigenvalue weighted by molar-refractivity contribution is 7.91. The Morgan fingerprint density at radius 3 is 2.23 bits per heavy atom. The van der Waals surface area contributed by atoms with Gasteiger partial charge in [-0.05, 0) is 47.7 Å². The molecule has 0 radical (unpaired) electrons. The van der Waals surface area contributed by atoms with E-state index in [1.165, 1.54) is 23.5 Å². The van der Waals surface area contributed by atoms with Gasteiger partial charge < -0.3 is 10.6 Å². The molecule has 0 spiro atoms. The van der Waals surface area contributed by atoms with Gasteiger partial charge in [-0.3, -0.25) is 9.59 Å². The first-order chi connectivity index (χ1) is 14.9. The number of carbonyl (C=O) groups is 2. The van der Waals surface area contributed by atoms with Crippen molar-refractivity contribution in [2.75, 3.05) is 13.1 Å². The fraction of sp³-hybridized carbons (Fsp3) is 0.182. The predicted octanol–water partition coefficient (Wildman–Crippen LogP) is 3.39. The van der Waals surface area contributed by atoms with Crippen LogP contribution in [0, 0.1) is 0 Å². The van der Waals surface area contributed by atoms with E-state index in [-0.39, 0.29) is 18.0 Å². The number of sulfone groups is 1. The van der Waals surface area contributed by atoms with Gasteiger partial charge in [0.25, 0.3) is 0 Å². The highest BCUT2D eigenvalue weighted by Crippen LogP contribution is 2.31. The molecule has 0 aliphatic rings. The topological polar surface area (TPSA) is 92.3 Å². The first kappa shape index (κ1) is 23.0. The number of thiophene rings is 1. The van der Waals surface area contributed by atoms with Crippen LogP contribution >= 0.6 is 22.9 Å². The normalized spacial score (nSPS) is 12.2. The van der Waals surface area contributed by atoms with Crippen molar-refractivity contribution >= 4 is 44.6 Å². The third-order valence-corrected chi connectivity index (χ3v) is 8.06. The van der Waals surface area contributed by atoms with Crippen molar-refractivity contribution in [2.24, 2.45) is 0 Å². The van der Waals surface area contributed by atoms with Crippen molar-refractivity contribution < 1.29 is 18.0 Å². The van der Waals surface area contributed by atoms with Gasteiger partial charge in [0.15, 0.2) is 9.84 Å². The number of halogens is 1. The summed E-state index contributed by atoms with van der Waals surface area (Å²) >= 11 is 7.13. The lowest BCUT2D eigenvalue weighted by Gasteiger charge is -2.17. The lowest BCUT2D eigenvalue weighted by Crippen LogP contribution is -2.42. The molecule has 3 aromatic rings. The summed E-state index contributed by atoms with van der Waals surface area (Å²) < 4.78 is 26.2. The molecule has 0 aliphatic carbocycles. The molecular formula is C22H21ClN2O4S2. The Balaban J connectivity index is 1.60. The minimum atomic E-state index is -3.75. The minimum absolute atomic E-state index is 0.162. The highest BCUT2D eigenvalue weighted by Gasteiger charge is 2.31. The first-order valence-corrected chi connectivity index (χ1v) is 12.3. The Labute approximate surface area is 190 Å². The second kappa shape index (κ2) is 10.6. The molecule has 2 N–H and O–H groups in total. The van der Waals surface area contributed by atoms with E-state index in [1.807, 2.05) is 12.1 Å². The molecule has 31 heavy (non-hydrogen) atoms. The van der Waals surface area contributed by atoms with Crippen LogP contribution in [0.15, 0.2) is 77.0 Å². The van der Waals surface area contributed by atoms with E-state index < -0.39 is 26.9 Å². The van der Waals surface area contributed by atoms with E-state index in [9.17, 15) is 18.0 Å². The summed E-state index contributed by atoms with van der Waals surface area (Å²) in [6.45, 7) is 0.0612. The fourth-order valence-corrected chi connectivity index (χ4v) is 5.86. The van der Waals surface area contributed by atoms with Crippen LogP contribution in [-0.2, 0) is 25.8 Å². The molecule has 3 rings (SSSR count). The smallest absolute Gasteiger partial charge is 0.309 e. The van der Waals surface area contributed by atoms with Crippen LogP contribution in [0.5, 0.6) is 0 Å². The minimum Gasteiger partial charge on any atom is -0.348 e. The molecule has 1 atom stereocenters. The van der Waals surface area contributed by atoms with Gasteiger partial charge in [-0.2, -0.15) is 0 Å². The maximum absolute atomic E-state index is 13.1. The summed E-state index contributed by atoms with van der Waals surface area (Å²) in [5.41, 5.74) is 0.969. The van der Waals surface area contributed by atoms with Crippen molar-refractivity contribution in [2.45, 2.75) is 16.6 Å². The maximum Gasteiger partial charge on any atom is 0.309 e. The number of benzene rings is 2. The van der Waals surface area contributed by atoms with E-state index in [0.717, 1.165) is 5.56 Å². The van der Waals surface area contributed by atoms with Crippen LogP contribution in [-0.4, -0.2) is 33.3 Å². The number of hydrogen-bond donors (Lipinski definition) is 2. The Kier molecular flexibility index (Phi) is 7.84. The van der Waals surface area contributed by atoms with Crippen LogP contribution in [0.1, 0.15) is 15.7 Å². The van der Waals surface area contributed by atoms with Crippen molar-refractivity contribution in [3.05, 3.63) is 87.6 Å². The number of carbonyl (C=O) groups excluding carboxylic acids is 2. The van der Waals surface area contributed by atoms with E-state index in [0.29, 0.717) is 16.3 Å². The molecule has 0 aliphatic heterocycles.